The van der Waals surface area contributed by atoms with Crippen molar-refractivity contribution in [1.29, 1.82) is 0 Å². The Bertz CT molecular complexity index is 551. The molecule has 1 amide bonds. The summed E-state index contributed by atoms with van der Waals surface area (Å²) in [4.78, 5) is 15.8. The molecule has 0 aliphatic rings. The first-order valence-electron chi connectivity index (χ1n) is 5.62. The number of aromatic nitrogens is 3. The van der Waals surface area contributed by atoms with E-state index in [1.165, 1.54) is 0 Å². The number of H-pyrrole nitrogens is 1. The van der Waals surface area contributed by atoms with E-state index in [-0.39, 0.29) is 11.7 Å². The maximum absolute atomic E-state index is 11.8. The quantitative estimate of drug-likeness (QED) is 0.861. The second-order valence-electron chi connectivity index (χ2n) is 3.66. The number of anilines is 1. The standard InChI is InChI=1S/C12H14N4O2/c1-3-18-10-6-4-5-9(7-10)14-12(17)11-13-8(2)15-16-11/h4-7H,3H2,1-2H3,(H,14,17)(H,13,15,16). The van der Waals surface area contributed by atoms with Gasteiger partial charge in [-0.3, -0.25) is 9.89 Å². The molecule has 1 heterocycles. The van der Waals surface area contributed by atoms with E-state index in [9.17, 15) is 4.79 Å². The molecule has 1 aromatic heterocycles. The van der Waals surface area contributed by atoms with Crippen molar-refractivity contribution in [3.63, 3.8) is 0 Å². The summed E-state index contributed by atoms with van der Waals surface area (Å²) in [5.74, 6) is 1.08. The molecular weight excluding hydrogens is 232 g/mol. The average Bonchev–Trinajstić information content (AvgIpc) is 2.77. The third-order valence-electron chi connectivity index (χ3n) is 2.20. The summed E-state index contributed by atoms with van der Waals surface area (Å²) in [5, 5.41) is 9.12. The van der Waals surface area contributed by atoms with Crippen LogP contribution in [-0.4, -0.2) is 27.7 Å². The van der Waals surface area contributed by atoms with Gasteiger partial charge in [0.1, 0.15) is 11.6 Å². The van der Waals surface area contributed by atoms with Gasteiger partial charge < -0.3 is 10.1 Å². The maximum atomic E-state index is 11.8. The van der Waals surface area contributed by atoms with Crippen LogP contribution in [-0.2, 0) is 0 Å². The lowest BCUT2D eigenvalue weighted by molar-refractivity contribution is 0.101. The van der Waals surface area contributed by atoms with Crippen molar-refractivity contribution in [2.75, 3.05) is 11.9 Å². The zero-order valence-corrected chi connectivity index (χ0v) is 10.2. The average molecular weight is 246 g/mol. The number of hydrogen-bond acceptors (Lipinski definition) is 4. The minimum Gasteiger partial charge on any atom is -0.494 e. The molecule has 0 saturated carbocycles. The van der Waals surface area contributed by atoms with E-state index in [1.54, 1.807) is 19.1 Å². The first-order valence-corrected chi connectivity index (χ1v) is 5.62. The summed E-state index contributed by atoms with van der Waals surface area (Å²) in [6.07, 6.45) is 0. The Morgan fingerprint density at radius 2 is 2.33 bits per heavy atom. The molecule has 18 heavy (non-hydrogen) atoms. The van der Waals surface area contributed by atoms with Crippen LogP contribution in [0.1, 0.15) is 23.4 Å². The lowest BCUT2D eigenvalue weighted by atomic mass is 10.3. The van der Waals surface area contributed by atoms with Gasteiger partial charge in [0.2, 0.25) is 5.82 Å². The Kier molecular flexibility index (Phi) is 3.57. The molecule has 0 spiro atoms. The van der Waals surface area contributed by atoms with Gasteiger partial charge in [-0.25, -0.2) is 4.98 Å². The first kappa shape index (κ1) is 12.1. The smallest absolute Gasteiger partial charge is 0.295 e. The molecule has 6 heteroatoms. The van der Waals surface area contributed by atoms with Crippen LogP contribution in [0.15, 0.2) is 24.3 Å². The van der Waals surface area contributed by atoms with Crippen LogP contribution in [0, 0.1) is 6.92 Å². The molecule has 6 nitrogen and oxygen atoms in total. The van der Waals surface area contributed by atoms with E-state index in [1.807, 2.05) is 19.1 Å². The highest BCUT2D eigenvalue weighted by atomic mass is 16.5. The fourth-order valence-electron chi connectivity index (χ4n) is 1.46. The molecule has 0 bridgehead atoms. The van der Waals surface area contributed by atoms with E-state index in [0.717, 1.165) is 0 Å². The largest absolute Gasteiger partial charge is 0.494 e. The highest BCUT2D eigenvalue weighted by Gasteiger charge is 2.11. The van der Waals surface area contributed by atoms with Gasteiger partial charge in [-0.05, 0) is 26.0 Å². The number of aromatic amines is 1. The highest BCUT2D eigenvalue weighted by Crippen LogP contribution is 2.17. The summed E-state index contributed by atoms with van der Waals surface area (Å²) in [6.45, 7) is 4.22. The first-order chi connectivity index (χ1) is 8.69. The van der Waals surface area contributed by atoms with Crippen molar-refractivity contribution in [2.24, 2.45) is 0 Å². The molecule has 0 atom stereocenters. The second kappa shape index (κ2) is 5.31. The SMILES string of the molecule is CCOc1cccc(NC(=O)c2n[nH]c(C)n2)c1. The van der Waals surface area contributed by atoms with Gasteiger partial charge in [0, 0.05) is 11.8 Å². The summed E-state index contributed by atoms with van der Waals surface area (Å²) >= 11 is 0. The topological polar surface area (TPSA) is 79.9 Å². The fourth-order valence-corrected chi connectivity index (χ4v) is 1.46. The van der Waals surface area contributed by atoms with Gasteiger partial charge in [0.25, 0.3) is 5.91 Å². The molecule has 1 aromatic carbocycles. The number of carbonyl (C=O) groups excluding carboxylic acids is 1. The van der Waals surface area contributed by atoms with Crippen LogP contribution in [0.5, 0.6) is 5.75 Å². The zero-order valence-electron chi connectivity index (χ0n) is 10.2. The molecule has 0 fully saturated rings. The summed E-state index contributed by atoms with van der Waals surface area (Å²) in [7, 11) is 0. The monoisotopic (exact) mass is 246 g/mol. The number of rotatable bonds is 4. The number of nitrogens with zero attached hydrogens (tertiary/aromatic N) is 2. The predicted molar refractivity (Wildman–Crippen MR) is 66.7 cm³/mol. The minimum atomic E-state index is -0.354. The summed E-state index contributed by atoms with van der Waals surface area (Å²) in [5.41, 5.74) is 0.647. The van der Waals surface area contributed by atoms with Gasteiger partial charge in [-0.1, -0.05) is 6.07 Å². The lowest BCUT2D eigenvalue weighted by Gasteiger charge is -2.06. The lowest BCUT2D eigenvalue weighted by Crippen LogP contribution is -2.13. The Morgan fingerprint density at radius 3 is 3.00 bits per heavy atom. The fraction of sp³-hybridized carbons (Fsp3) is 0.250. The second-order valence-corrected chi connectivity index (χ2v) is 3.66. The predicted octanol–water partition coefficient (Wildman–Crippen LogP) is 1.76. The van der Waals surface area contributed by atoms with Crippen molar-refractivity contribution in [3.8, 4) is 5.75 Å². The number of hydrogen-bond donors (Lipinski definition) is 2. The van der Waals surface area contributed by atoms with E-state index >= 15 is 0 Å². The summed E-state index contributed by atoms with van der Waals surface area (Å²) < 4.78 is 5.35. The highest BCUT2D eigenvalue weighted by molar-refractivity contribution is 6.01. The van der Waals surface area contributed by atoms with E-state index < -0.39 is 0 Å². The molecule has 0 saturated heterocycles. The number of benzene rings is 1. The van der Waals surface area contributed by atoms with Crippen LogP contribution in [0.2, 0.25) is 0 Å². The molecule has 0 aliphatic heterocycles. The Balaban J connectivity index is 2.09. The van der Waals surface area contributed by atoms with E-state index in [2.05, 4.69) is 20.5 Å². The molecular formula is C12H14N4O2. The van der Waals surface area contributed by atoms with Crippen LogP contribution in [0.25, 0.3) is 0 Å². The van der Waals surface area contributed by atoms with E-state index in [4.69, 9.17) is 4.74 Å². The Morgan fingerprint density at radius 1 is 1.50 bits per heavy atom. The van der Waals surface area contributed by atoms with Gasteiger partial charge in [-0.2, -0.15) is 0 Å². The van der Waals surface area contributed by atoms with Crippen molar-refractivity contribution < 1.29 is 9.53 Å². The third kappa shape index (κ3) is 2.85. The molecule has 94 valence electrons. The van der Waals surface area contributed by atoms with Crippen molar-refractivity contribution in [1.82, 2.24) is 15.2 Å². The summed E-state index contributed by atoms with van der Waals surface area (Å²) in [6, 6.07) is 7.17. The zero-order chi connectivity index (χ0) is 13.0. The van der Waals surface area contributed by atoms with Crippen molar-refractivity contribution >= 4 is 11.6 Å². The number of ether oxygens (including phenoxy) is 1. The third-order valence-corrected chi connectivity index (χ3v) is 2.20. The van der Waals surface area contributed by atoms with Crippen molar-refractivity contribution in [3.05, 3.63) is 35.9 Å². The molecule has 0 radical (unpaired) electrons. The number of amides is 1. The van der Waals surface area contributed by atoms with Crippen LogP contribution in [0.4, 0.5) is 5.69 Å². The van der Waals surface area contributed by atoms with Gasteiger partial charge in [0.15, 0.2) is 0 Å². The normalized spacial score (nSPS) is 10.1. The number of aryl methyl sites for hydroxylation is 1. The minimum absolute atomic E-state index is 0.120. The Hall–Kier alpha value is -2.37. The molecule has 0 aliphatic carbocycles. The molecule has 2 rings (SSSR count). The van der Waals surface area contributed by atoms with Crippen molar-refractivity contribution in [2.45, 2.75) is 13.8 Å². The molecule has 2 aromatic rings. The van der Waals surface area contributed by atoms with E-state index in [0.29, 0.717) is 23.9 Å². The van der Waals surface area contributed by atoms with Crippen LogP contribution < -0.4 is 10.1 Å². The maximum Gasteiger partial charge on any atom is 0.295 e. The van der Waals surface area contributed by atoms with Gasteiger partial charge >= 0.3 is 0 Å². The Labute approximate surface area is 104 Å². The van der Waals surface area contributed by atoms with Crippen LogP contribution >= 0.6 is 0 Å². The number of nitrogens with one attached hydrogen (secondary N) is 2. The van der Waals surface area contributed by atoms with Gasteiger partial charge in [0.05, 0.1) is 6.61 Å². The van der Waals surface area contributed by atoms with Gasteiger partial charge in [-0.15, -0.1) is 5.10 Å². The molecule has 2 N–H and O–H groups in total. The number of carbonyl (C=O) groups is 1. The molecule has 0 unspecified atom stereocenters. The van der Waals surface area contributed by atoms with Crippen LogP contribution in [0.3, 0.4) is 0 Å².